The molecule has 4 N–H and O–H groups in total. The van der Waals surface area contributed by atoms with Crippen molar-refractivity contribution in [3.63, 3.8) is 0 Å². The van der Waals surface area contributed by atoms with Crippen molar-refractivity contribution in [1.29, 1.82) is 0 Å². The molecule has 0 bridgehead atoms. The van der Waals surface area contributed by atoms with Crippen molar-refractivity contribution in [1.82, 2.24) is 5.32 Å². The normalized spacial score (nSPS) is 25.3. The van der Waals surface area contributed by atoms with Crippen molar-refractivity contribution in [3.05, 3.63) is 24.3 Å². The predicted octanol–water partition coefficient (Wildman–Crippen LogP) is 0.349. The fraction of sp³-hybridized carbons (Fsp3) is 0.364. The van der Waals surface area contributed by atoms with E-state index in [1.54, 1.807) is 24.3 Å². The van der Waals surface area contributed by atoms with Crippen LogP contribution in [0.1, 0.15) is 12.8 Å². The molecule has 1 heterocycles. The first kappa shape index (κ1) is 13.8. The number of carbonyl (C=O) groups is 1. The van der Waals surface area contributed by atoms with Gasteiger partial charge >= 0.3 is 0 Å². The highest BCUT2D eigenvalue weighted by molar-refractivity contribution is 7.82. The Kier molecular flexibility index (Phi) is 4.35. The van der Waals surface area contributed by atoms with Gasteiger partial charge in [-0.2, -0.15) is 10.2 Å². The molecule has 2 rings (SSSR count). The molecule has 0 saturated carbocycles. The number of aliphatic hydroxyl groups is 1. The van der Waals surface area contributed by atoms with E-state index >= 15 is 0 Å². The molecule has 1 aromatic rings. The molecule has 1 amide bonds. The van der Waals surface area contributed by atoms with Gasteiger partial charge in [0, 0.05) is 0 Å². The standard InChI is InChI=1S/C11H14N4O3S/c12-19(18)8-3-1-7(2-4-8)14-15-9-5-6-10(16)13-11(9)17/h1-4,9-10,16H,5-6,12H2,(H,13,17). The van der Waals surface area contributed by atoms with Gasteiger partial charge in [-0.1, -0.05) is 0 Å². The van der Waals surface area contributed by atoms with Crippen LogP contribution < -0.4 is 10.5 Å². The topological polar surface area (TPSA) is 117 Å². The van der Waals surface area contributed by atoms with Crippen molar-refractivity contribution >= 4 is 22.6 Å². The van der Waals surface area contributed by atoms with Crippen molar-refractivity contribution in [2.24, 2.45) is 15.4 Å². The number of aliphatic hydroxyl groups excluding tert-OH is 1. The molecular formula is C11H14N4O3S. The molecule has 1 fully saturated rings. The highest BCUT2D eigenvalue weighted by Gasteiger charge is 2.26. The lowest BCUT2D eigenvalue weighted by atomic mass is 10.1. The average Bonchev–Trinajstić information content (AvgIpc) is 2.38. The van der Waals surface area contributed by atoms with Crippen molar-refractivity contribution in [2.45, 2.75) is 30.0 Å². The number of nitrogens with two attached hydrogens (primary N) is 1. The van der Waals surface area contributed by atoms with Crippen LogP contribution in [0.4, 0.5) is 5.69 Å². The summed E-state index contributed by atoms with van der Waals surface area (Å²) in [6.07, 6.45) is 0.125. The Morgan fingerprint density at radius 2 is 2.00 bits per heavy atom. The van der Waals surface area contributed by atoms with E-state index in [9.17, 15) is 14.1 Å². The van der Waals surface area contributed by atoms with Gasteiger partial charge in [-0.05, 0) is 37.1 Å². The van der Waals surface area contributed by atoms with Gasteiger partial charge in [0.05, 0.1) is 10.6 Å². The number of amides is 1. The number of nitrogens with one attached hydrogen (secondary N) is 1. The Labute approximate surface area is 112 Å². The monoisotopic (exact) mass is 282 g/mol. The van der Waals surface area contributed by atoms with Crippen LogP contribution in [0.3, 0.4) is 0 Å². The van der Waals surface area contributed by atoms with Crippen molar-refractivity contribution in [2.75, 3.05) is 0 Å². The molecule has 7 nitrogen and oxygen atoms in total. The average molecular weight is 282 g/mol. The zero-order chi connectivity index (χ0) is 13.8. The van der Waals surface area contributed by atoms with Crippen LogP contribution in [0.15, 0.2) is 39.4 Å². The fourth-order valence-corrected chi connectivity index (χ4v) is 2.08. The van der Waals surface area contributed by atoms with Gasteiger partial charge < -0.3 is 10.4 Å². The summed E-state index contributed by atoms with van der Waals surface area (Å²) in [5.74, 6) is -0.331. The van der Waals surface area contributed by atoms with Gasteiger partial charge in [-0.3, -0.25) is 4.79 Å². The Bertz CT molecular complexity index is 517. The third-order valence-corrected chi connectivity index (χ3v) is 3.44. The van der Waals surface area contributed by atoms with Crippen molar-refractivity contribution in [3.8, 4) is 0 Å². The minimum atomic E-state index is -1.52. The fourth-order valence-electron chi connectivity index (χ4n) is 1.67. The highest BCUT2D eigenvalue weighted by Crippen LogP contribution is 2.17. The SMILES string of the molecule is NS(=O)c1ccc(N=NC2CCC(O)NC2=O)cc1. The Hall–Kier alpha value is -1.64. The summed E-state index contributed by atoms with van der Waals surface area (Å²) in [5.41, 5.74) is 0.549. The molecule has 3 unspecified atom stereocenters. The van der Waals surface area contributed by atoms with E-state index in [1.165, 1.54) is 0 Å². The molecule has 19 heavy (non-hydrogen) atoms. The molecule has 102 valence electrons. The Morgan fingerprint density at radius 1 is 1.32 bits per heavy atom. The first-order valence-corrected chi connectivity index (χ1v) is 6.93. The predicted molar refractivity (Wildman–Crippen MR) is 68.7 cm³/mol. The maximum atomic E-state index is 11.5. The maximum absolute atomic E-state index is 11.5. The van der Waals surface area contributed by atoms with Gasteiger partial charge in [0.1, 0.15) is 23.3 Å². The van der Waals surface area contributed by atoms with Crippen LogP contribution in [0.2, 0.25) is 0 Å². The summed E-state index contributed by atoms with van der Waals surface area (Å²) in [4.78, 5) is 12.0. The molecule has 1 aliphatic rings. The number of rotatable bonds is 3. The molecule has 0 aliphatic carbocycles. The summed E-state index contributed by atoms with van der Waals surface area (Å²) in [6.45, 7) is 0. The molecule has 1 aromatic carbocycles. The number of piperidine rings is 1. The number of azo groups is 1. The second-order valence-electron chi connectivity index (χ2n) is 4.12. The Balaban J connectivity index is 2.02. The van der Waals surface area contributed by atoms with Crippen LogP contribution >= 0.6 is 0 Å². The smallest absolute Gasteiger partial charge is 0.248 e. The van der Waals surface area contributed by atoms with Crippen LogP contribution in [-0.2, 0) is 15.8 Å². The lowest BCUT2D eigenvalue weighted by Crippen LogP contribution is -2.45. The summed E-state index contributed by atoms with van der Waals surface area (Å²) < 4.78 is 11.0. The summed E-state index contributed by atoms with van der Waals surface area (Å²) in [7, 11) is -1.52. The molecule has 0 radical (unpaired) electrons. The van der Waals surface area contributed by atoms with Gasteiger partial charge in [0.15, 0.2) is 0 Å². The number of benzene rings is 1. The minimum absolute atomic E-state index is 0.331. The quantitative estimate of drug-likeness (QED) is 0.694. The largest absolute Gasteiger partial charge is 0.374 e. The van der Waals surface area contributed by atoms with Gasteiger partial charge in [0.2, 0.25) is 5.91 Å². The summed E-state index contributed by atoms with van der Waals surface area (Å²) in [5, 5.41) is 24.7. The number of nitrogens with zero attached hydrogens (tertiary/aromatic N) is 2. The first-order valence-electron chi connectivity index (χ1n) is 5.72. The van der Waals surface area contributed by atoms with Crippen LogP contribution in [0.5, 0.6) is 0 Å². The third-order valence-electron chi connectivity index (χ3n) is 2.71. The Morgan fingerprint density at radius 3 is 2.58 bits per heavy atom. The third kappa shape index (κ3) is 3.66. The molecule has 8 heteroatoms. The van der Waals surface area contributed by atoms with Crippen molar-refractivity contribution < 1.29 is 14.1 Å². The van der Waals surface area contributed by atoms with Gasteiger partial charge in [-0.25, -0.2) is 9.35 Å². The maximum Gasteiger partial charge on any atom is 0.248 e. The van der Waals surface area contributed by atoms with E-state index in [-0.39, 0.29) is 5.91 Å². The number of hydrogen-bond acceptors (Lipinski definition) is 5. The van der Waals surface area contributed by atoms with Crippen LogP contribution in [0.25, 0.3) is 0 Å². The zero-order valence-electron chi connectivity index (χ0n) is 10.0. The zero-order valence-corrected chi connectivity index (χ0v) is 10.8. The van der Waals surface area contributed by atoms with E-state index in [4.69, 9.17) is 5.14 Å². The molecule has 0 aromatic heterocycles. The summed E-state index contributed by atoms with van der Waals surface area (Å²) >= 11 is 0. The van der Waals surface area contributed by atoms with Gasteiger partial charge in [-0.15, -0.1) is 0 Å². The van der Waals surface area contributed by atoms with Crippen LogP contribution in [-0.4, -0.2) is 27.5 Å². The highest BCUT2D eigenvalue weighted by atomic mass is 32.2. The molecule has 3 atom stereocenters. The van der Waals surface area contributed by atoms with E-state index < -0.39 is 23.3 Å². The molecule has 1 aliphatic heterocycles. The lowest BCUT2D eigenvalue weighted by molar-refractivity contribution is -0.128. The number of hydrogen-bond donors (Lipinski definition) is 3. The molecule has 1 saturated heterocycles. The molecular weight excluding hydrogens is 268 g/mol. The van der Waals surface area contributed by atoms with E-state index in [0.29, 0.717) is 23.4 Å². The molecule has 0 spiro atoms. The van der Waals surface area contributed by atoms with Gasteiger partial charge in [0.25, 0.3) is 0 Å². The van der Waals surface area contributed by atoms with E-state index in [0.717, 1.165) is 0 Å². The second-order valence-corrected chi connectivity index (χ2v) is 5.19. The second kappa shape index (κ2) is 6.00. The summed E-state index contributed by atoms with van der Waals surface area (Å²) in [6, 6.07) is 5.86. The lowest BCUT2D eigenvalue weighted by Gasteiger charge is -2.22. The minimum Gasteiger partial charge on any atom is -0.374 e. The first-order chi connectivity index (χ1) is 9.06. The van der Waals surface area contributed by atoms with Crippen LogP contribution in [0, 0.1) is 0 Å². The van der Waals surface area contributed by atoms with E-state index in [2.05, 4.69) is 15.5 Å². The number of carbonyl (C=O) groups excluding carboxylic acids is 1. The van der Waals surface area contributed by atoms with E-state index in [1.807, 2.05) is 0 Å².